The van der Waals surface area contributed by atoms with E-state index in [4.69, 9.17) is 10.7 Å². The zero-order valence-corrected chi connectivity index (χ0v) is 10.5. The quantitative estimate of drug-likeness (QED) is 0.816. The topological polar surface area (TPSA) is 43.8 Å². The van der Waals surface area contributed by atoms with Gasteiger partial charge in [-0.2, -0.15) is 0 Å². The van der Waals surface area contributed by atoms with Crippen molar-refractivity contribution in [2.75, 3.05) is 0 Å². The monoisotopic (exact) mass is 229 g/mol. The van der Waals surface area contributed by atoms with E-state index in [1.807, 2.05) is 0 Å². The van der Waals surface area contributed by atoms with Gasteiger partial charge in [-0.15, -0.1) is 0 Å². The fourth-order valence-electron chi connectivity index (χ4n) is 2.97. The molecule has 2 N–H and O–H groups in total. The van der Waals surface area contributed by atoms with Crippen LogP contribution in [0, 0.1) is 6.92 Å². The molecule has 0 radical (unpaired) electrons. The van der Waals surface area contributed by atoms with Crippen LogP contribution in [0.5, 0.6) is 0 Å². The summed E-state index contributed by atoms with van der Waals surface area (Å²) in [6.45, 7) is 2.11. The number of rotatable bonds is 1. The predicted molar refractivity (Wildman–Crippen MR) is 70.0 cm³/mol. The summed E-state index contributed by atoms with van der Waals surface area (Å²) in [7, 11) is 2.10. The molecule has 17 heavy (non-hydrogen) atoms. The molecule has 0 aliphatic heterocycles. The van der Waals surface area contributed by atoms with Gasteiger partial charge in [-0.25, -0.2) is 4.98 Å². The van der Waals surface area contributed by atoms with Gasteiger partial charge in [0, 0.05) is 19.0 Å². The van der Waals surface area contributed by atoms with E-state index in [9.17, 15) is 0 Å². The standard InChI is InChI=1S/C14H19N3/c1-9-6-7-13-12(8-9)16-14(17(13)2)10-4-3-5-11(10)15/h6-8,10-11H,3-5,15H2,1-2H3. The van der Waals surface area contributed by atoms with Crippen molar-refractivity contribution in [3.8, 4) is 0 Å². The van der Waals surface area contributed by atoms with Crippen molar-refractivity contribution >= 4 is 11.0 Å². The Bertz CT molecular complexity index is 556. The molecule has 0 saturated heterocycles. The van der Waals surface area contributed by atoms with Gasteiger partial charge < -0.3 is 10.3 Å². The number of nitrogens with two attached hydrogens (primary N) is 1. The molecule has 0 amide bonds. The Morgan fingerprint density at radius 1 is 1.35 bits per heavy atom. The summed E-state index contributed by atoms with van der Waals surface area (Å²) in [4.78, 5) is 4.79. The van der Waals surface area contributed by atoms with Crippen molar-refractivity contribution in [2.45, 2.75) is 38.1 Å². The van der Waals surface area contributed by atoms with Gasteiger partial charge in [-0.3, -0.25) is 0 Å². The van der Waals surface area contributed by atoms with E-state index in [1.54, 1.807) is 0 Å². The molecule has 1 aliphatic carbocycles. The number of nitrogens with zero attached hydrogens (tertiary/aromatic N) is 2. The largest absolute Gasteiger partial charge is 0.331 e. The van der Waals surface area contributed by atoms with Crippen LogP contribution in [0.2, 0.25) is 0 Å². The third-order valence-electron chi connectivity index (χ3n) is 3.97. The van der Waals surface area contributed by atoms with Gasteiger partial charge in [0.15, 0.2) is 0 Å². The second-order valence-corrected chi connectivity index (χ2v) is 5.22. The Kier molecular flexibility index (Phi) is 2.44. The normalized spacial score (nSPS) is 24.6. The van der Waals surface area contributed by atoms with Crippen molar-refractivity contribution < 1.29 is 0 Å². The zero-order chi connectivity index (χ0) is 12.0. The van der Waals surface area contributed by atoms with Gasteiger partial charge in [0.2, 0.25) is 0 Å². The van der Waals surface area contributed by atoms with Crippen LogP contribution in [0.25, 0.3) is 11.0 Å². The molecular weight excluding hydrogens is 210 g/mol. The first-order valence-corrected chi connectivity index (χ1v) is 6.35. The van der Waals surface area contributed by atoms with E-state index in [-0.39, 0.29) is 6.04 Å². The summed E-state index contributed by atoms with van der Waals surface area (Å²) in [6.07, 6.45) is 3.54. The highest BCUT2D eigenvalue weighted by molar-refractivity contribution is 5.76. The molecule has 0 bridgehead atoms. The summed E-state index contributed by atoms with van der Waals surface area (Å²) in [5, 5.41) is 0. The molecule has 1 saturated carbocycles. The van der Waals surface area contributed by atoms with Gasteiger partial charge in [-0.05, 0) is 37.5 Å². The second kappa shape index (κ2) is 3.84. The lowest BCUT2D eigenvalue weighted by molar-refractivity contribution is 0.565. The number of hydrogen-bond acceptors (Lipinski definition) is 2. The summed E-state index contributed by atoms with van der Waals surface area (Å²) in [6, 6.07) is 6.73. The van der Waals surface area contributed by atoms with Gasteiger partial charge in [0.05, 0.1) is 11.0 Å². The Hall–Kier alpha value is -1.35. The minimum Gasteiger partial charge on any atom is -0.331 e. The van der Waals surface area contributed by atoms with Crippen LogP contribution in [-0.4, -0.2) is 15.6 Å². The van der Waals surface area contributed by atoms with Crippen molar-refractivity contribution in [1.29, 1.82) is 0 Å². The molecule has 1 aliphatic rings. The van der Waals surface area contributed by atoms with Gasteiger partial charge >= 0.3 is 0 Å². The molecule has 2 unspecified atom stereocenters. The van der Waals surface area contributed by atoms with Crippen LogP contribution in [0.3, 0.4) is 0 Å². The molecule has 3 nitrogen and oxygen atoms in total. The fourth-order valence-corrected chi connectivity index (χ4v) is 2.97. The molecule has 1 aromatic heterocycles. The van der Waals surface area contributed by atoms with Crippen LogP contribution in [0.4, 0.5) is 0 Å². The van der Waals surface area contributed by atoms with Crippen LogP contribution >= 0.6 is 0 Å². The SMILES string of the molecule is Cc1ccc2c(c1)nc(C1CCCC1N)n2C. The lowest BCUT2D eigenvalue weighted by Crippen LogP contribution is -2.24. The van der Waals surface area contributed by atoms with Crippen LogP contribution < -0.4 is 5.73 Å². The molecule has 2 atom stereocenters. The maximum absolute atomic E-state index is 6.18. The zero-order valence-electron chi connectivity index (χ0n) is 10.5. The fraction of sp³-hybridized carbons (Fsp3) is 0.500. The van der Waals surface area contributed by atoms with Crippen LogP contribution in [0.15, 0.2) is 18.2 Å². The maximum Gasteiger partial charge on any atom is 0.114 e. The van der Waals surface area contributed by atoms with Crippen LogP contribution in [-0.2, 0) is 7.05 Å². The Morgan fingerprint density at radius 2 is 2.18 bits per heavy atom. The summed E-state index contributed by atoms with van der Waals surface area (Å²) in [5.74, 6) is 1.60. The number of aromatic nitrogens is 2. The van der Waals surface area contributed by atoms with Gasteiger partial charge in [0.25, 0.3) is 0 Å². The van der Waals surface area contributed by atoms with Crippen molar-refractivity contribution in [1.82, 2.24) is 9.55 Å². The Balaban J connectivity index is 2.14. The first kappa shape index (κ1) is 10.8. The molecule has 1 heterocycles. The second-order valence-electron chi connectivity index (χ2n) is 5.22. The molecule has 1 fully saturated rings. The van der Waals surface area contributed by atoms with Crippen molar-refractivity contribution in [2.24, 2.45) is 12.8 Å². The summed E-state index contributed by atoms with van der Waals surface area (Å²) in [5.41, 5.74) is 9.75. The molecule has 1 aromatic carbocycles. The minimum absolute atomic E-state index is 0.284. The Labute approximate surface area is 102 Å². The first-order chi connectivity index (χ1) is 8.16. The molecular formula is C14H19N3. The molecule has 3 rings (SSSR count). The molecule has 0 spiro atoms. The molecule has 2 aromatic rings. The third-order valence-corrected chi connectivity index (χ3v) is 3.97. The minimum atomic E-state index is 0.284. The molecule has 90 valence electrons. The smallest absolute Gasteiger partial charge is 0.114 e. The van der Waals surface area contributed by atoms with Gasteiger partial charge in [0.1, 0.15) is 5.82 Å². The lowest BCUT2D eigenvalue weighted by Gasteiger charge is -2.14. The predicted octanol–water partition coefficient (Wildman–Crippen LogP) is 2.48. The maximum atomic E-state index is 6.18. The van der Waals surface area contributed by atoms with Crippen molar-refractivity contribution in [3.05, 3.63) is 29.6 Å². The number of fused-ring (bicyclic) bond motifs is 1. The summed E-state index contributed by atoms with van der Waals surface area (Å²) < 4.78 is 2.21. The van der Waals surface area contributed by atoms with E-state index in [0.29, 0.717) is 5.92 Å². The van der Waals surface area contributed by atoms with Crippen LogP contribution in [0.1, 0.15) is 36.6 Å². The lowest BCUT2D eigenvalue weighted by atomic mass is 10.0. The number of hydrogen-bond donors (Lipinski definition) is 1. The first-order valence-electron chi connectivity index (χ1n) is 6.35. The number of benzene rings is 1. The average molecular weight is 229 g/mol. The third kappa shape index (κ3) is 1.65. The van der Waals surface area contributed by atoms with Gasteiger partial charge in [-0.1, -0.05) is 12.5 Å². The average Bonchev–Trinajstić information content (AvgIpc) is 2.83. The van der Waals surface area contributed by atoms with E-state index >= 15 is 0 Å². The number of imidazole rings is 1. The van der Waals surface area contributed by atoms with E-state index in [0.717, 1.165) is 17.8 Å². The van der Waals surface area contributed by atoms with E-state index in [1.165, 1.54) is 23.9 Å². The van der Waals surface area contributed by atoms with Crippen molar-refractivity contribution in [3.63, 3.8) is 0 Å². The Morgan fingerprint density at radius 3 is 2.88 bits per heavy atom. The number of aryl methyl sites for hydroxylation is 2. The van der Waals surface area contributed by atoms with E-state index < -0.39 is 0 Å². The van der Waals surface area contributed by atoms with E-state index in [2.05, 4.69) is 36.7 Å². The highest BCUT2D eigenvalue weighted by Crippen LogP contribution is 2.34. The summed E-state index contributed by atoms with van der Waals surface area (Å²) >= 11 is 0. The molecule has 3 heteroatoms. The highest BCUT2D eigenvalue weighted by Gasteiger charge is 2.29. The highest BCUT2D eigenvalue weighted by atomic mass is 15.1.